The molecule has 1 rings (SSSR count). The molecule has 100 valence electrons. The highest BCUT2D eigenvalue weighted by molar-refractivity contribution is 7.94. The summed E-state index contributed by atoms with van der Waals surface area (Å²) in [4.78, 5) is 0. The normalized spacial score (nSPS) is 12.2. The largest absolute Gasteiger partial charge is 0.384 e. The Morgan fingerprint density at radius 3 is 2.33 bits per heavy atom. The van der Waals surface area contributed by atoms with Crippen molar-refractivity contribution in [1.82, 2.24) is 0 Å². The molecule has 3 N–H and O–H groups in total. The Balaban J connectivity index is 3.24. The van der Waals surface area contributed by atoms with Gasteiger partial charge >= 0.3 is 0 Å². The molecule has 0 aliphatic carbocycles. The number of sulfonamides is 1. The predicted molar refractivity (Wildman–Crippen MR) is 74.5 cm³/mol. The van der Waals surface area contributed by atoms with Crippen LogP contribution in [0.15, 0.2) is 24.3 Å². The maximum Gasteiger partial charge on any atom is 0.239 e. The molecular weight excluding hydrogens is 250 g/mol. The first-order chi connectivity index (χ1) is 8.07. The molecule has 0 unspecified atom stereocenters. The first-order valence-corrected chi connectivity index (χ1v) is 6.94. The van der Waals surface area contributed by atoms with Crippen LogP contribution in [0.3, 0.4) is 0 Å². The second-order valence-corrected chi connectivity index (χ2v) is 7.77. The van der Waals surface area contributed by atoms with Crippen LogP contribution in [0.2, 0.25) is 0 Å². The zero-order valence-corrected chi connectivity index (χ0v) is 11.9. The number of nitrogens with zero attached hydrogens (tertiary/aromatic N) is 1. The maximum atomic E-state index is 12.3. The second kappa shape index (κ2) is 4.61. The van der Waals surface area contributed by atoms with Crippen LogP contribution in [0.5, 0.6) is 0 Å². The molecule has 0 fully saturated rings. The molecule has 0 heterocycles. The Bertz CT molecular complexity index is 559. The number of anilines is 1. The van der Waals surface area contributed by atoms with E-state index < -0.39 is 14.8 Å². The van der Waals surface area contributed by atoms with Crippen LogP contribution in [-0.2, 0) is 10.0 Å². The van der Waals surface area contributed by atoms with Gasteiger partial charge in [-0.25, -0.2) is 8.42 Å². The number of rotatable bonds is 3. The second-order valence-electron chi connectivity index (χ2n) is 5.05. The van der Waals surface area contributed by atoms with Crippen LogP contribution in [0.1, 0.15) is 26.3 Å². The molecule has 0 spiro atoms. The number of nitrogens with two attached hydrogens (primary N) is 1. The minimum absolute atomic E-state index is 0.0848. The Hall–Kier alpha value is -1.56. The van der Waals surface area contributed by atoms with E-state index in [1.807, 2.05) is 0 Å². The number of amidine groups is 1. The summed E-state index contributed by atoms with van der Waals surface area (Å²) in [5.74, 6) is -0.0848. The predicted octanol–water partition coefficient (Wildman–Crippen LogP) is 1.54. The van der Waals surface area contributed by atoms with Crippen molar-refractivity contribution >= 4 is 21.5 Å². The maximum absolute atomic E-state index is 12.3. The Labute approximate surface area is 108 Å². The van der Waals surface area contributed by atoms with Gasteiger partial charge in [0.05, 0.1) is 10.4 Å². The van der Waals surface area contributed by atoms with Crippen LogP contribution >= 0.6 is 0 Å². The highest BCUT2D eigenvalue weighted by atomic mass is 32.2. The minimum atomic E-state index is -3.45. The molecule has 0 bridgehead atoms. The van der Waals surface area contributed by atoms with Gasteiger partial charge in [0.25, 0.3) is 0 Å². The minimum Gasteiger partial charge on any atom is -0.384 e. The fourth-order valence-corrected chi connectivity index (χ4v) is 2.63. The summed E-state index contributed by atoms with van der Waals surface area (Å²) in [7, 11) is -1.95. The SMILES string of the molecule is CN(c1cccc(C(=N)N)c1)S(=O)(=O)C(C)(C)C. The summed E-state index contributed by atoms with van der Waals surface area (Å²) in [6, 6.07) is 6.62. The molecule has 0 aliphatic rings. The van der Waals surface area contributed by atoms with Crippen molar-refractivity contribution in [3.05, 3.63) is 29.8 Å². The monoisotopic (exact) mass is 269 g/mol. The fraction of sp³-hybridized carbons (Fsp3) is 0.417. The summed E-state index contributed by atoms with van der Waals surface area (Å²) in [6.45, 7) is 4.94. The molecule has 0 aromatic heterocycles. The van der Waals surface area contributed by atoms with Crippen molar-refractivity contribution in [1.29, 1.82) is 5.41 Å². The van der Waals surface area contributed by atoms with E-state index in [2.05, 4.69) is 0 Å². The Kier molecular flexibility index (Phi) is 3.71. The lowest BCUT2D eigenvalue weighted by Gasteiger charge is -2.28. The van der Waals surface area contributed by atoms with Gasteiger partial charge in [-0.3, -0.25) is 9.71 Å². The van der Waals surface area contributed by atoms with Crippen LogP contribution < -0.4 is 10.0 Å². The summed E-state index contributed by atoms with van der Waals surface area (Å²) in [5.41, 5.74) is 6.39. The smallest absolute Gasteiger partial charge is 0.239 e. The zero-order valence-electron chi connectivity index (χ0n) is 11.1. The van der Waals surface area contributed by atoms with Crippen LogP contribution in [0, 0.1) is 5.41 Å². The number of hydrogen-bond donors (Lipinski definition) is 2. The van der Waals surface area contributed by atoms with Crippen molar-refractivity contribution in [2.24, 2.45) is 5.73 Å². The third-order valence-electron chi connectivity index (χ3n) is 2.66. The quantitative estimate of drug-likeness (QED) is 0.644. The number of nitrogen functional groups attached to an aromatic ring is 1. The highest BCUT2D eigenvalue weighted by Gasteiger charge is 2.33. The third-order valence-corrected chi connectivity index (χ3v) is 5.13. The summed E-state index contributed by atoms with van der Waals surface area (Å²) < 4.78 is 24.9. The van der Waals surface area contributed by atoms with Gasteiger partial charge in [-0.2, -0.15) is 0 Å². The first-order valence-electron chi connectivity index (χ1n) is 5.50. The molecule has 0 amide bonds. The van der Waals surface area contributed by atoms with E-state index in [0.717, 1.165) is 0 Å². The highest BCUT2D eigenvalue weighted by Crippen LogP contribution is 2.25. The van der Waals surface area contributed by atoms with Gasteiger partial charge < -0.3 is 5.73 Å². The van der Waals surface area contributed by atoms with E-state index in [4.69, 9.17) is 11.1 Å². The summed E-state index contributed by atoms with van der Waals surface area (Å²) in [6.07, 6.45) is 0. The van der Waals surface area contributed by atoms with Gasteiger partial charge in [0, 0.05) is 12.6 Å². The van der Waals surface area contributed by atoms with Crippen molar-refractivity contribution in [3.8, 4) is 0 Å². The molecular formula is C12H19N3O2S. The number of hydrogen-bond acceptors (Lipinski definition) is 3. The van der Waals surface area contributed by atoms with E-state index >= 15 is 0 Å². The van der Waals surface area contributed by atoms with E-state index in [9.17, 15) is 8.42 Å². The van der Waals surface area contributed by atoms with Gasteiger partial charge in [-0.1, -0.05) is 12.1 Å². The number of benzene rings is 1. The molecule has 0 saturated carbocycles. The van der Waals surface area contributed by atoms with E-state index in [-0.39, 0.29) is 5.84 Å². The van der Waals surface area contributed by atoms with Crippen LogP contribution in [-0.4, -0.2) is 26.0 Å². The molecule has 1 aromatic carbocycles. The standard InChI is InChI=1S/C12H19N3O2S/c1-12(2,3)18(16,17)15(4)10-7-5-6-9(8-10)11(13)14/h5-8H,1-4H3,(H3,13,14). The van der Waals surface area contributed by atoms with Gasteiger partial charge in [0.15, 0.2) is 0 Å². The van der Waals surface area contributed by atoms with Crippen molar-refractivity contribution in [2.45, 2.75) is 25.5 Å². The Morgan fingerprint density at radius 1 is 1.33 bits per heavy atom. The third kappa shape index (κ3) is 2.64. The lowest BCUT2D eigenvalue weighted by atomic mass is 10.2. The van der Waals surface area contributed by atoms with Gasteiger partial charge in [-0.15, -0.1) is 0 Å². The number of nitrogens with one attached hydrogen (secondary N) is 1. The van der Waals surface area contributed by atoms with Crippen LogP contribution in [0.25, 0.3) is 0 Å². The van der Waals surface area contributed by atoms with Crippen LogP contribution in [0.4, 0.5) is 5.69 Å². The molecule has 18 heavy (non-hydrogen) atoms. The van der Waals surface area contributed by atoms with Crippen molar-refractivity contribution < 1.29 is 8.42 Å². The van der Waals surface area contributed by atoms with Gasteiger partial charge in [-0.05, 0) is 32.9 Å². The first kappa shape index (κ1) is 14.5. The molecule has 0 radical (unpaired) electrons. The van der Waals surface area contributed by atoms with Gasteiger partial charge in [0.2, 0.25) is 10.0 Å². The summed E-state index contributed by atoms with van der Waals surface area (Å²) >= 11 is 0. The van der Waals surface area contributed by atoms with E-state index in [1.54, 1.807) is 45.0 Å². The van der Waals surface area contributed by atoms with E-state index in [1.165, 1.54) is 11.4 Å². The average molecular weight is 269 g/mol. The zero-order chi connectivity index (χ0) is 14.1. The van der Waals surface area contributed by atoms with E-state index in [0.29, 0.717) is 11.3 Å². The lowest BCUT2D eigenvalue weighted by Crippen LogP contribution is -2.40. The molecule has 0 aliphatic heterocycles. The Morgan fingerprint density at radius 2 is 1.89 bits per heavy atom. The molecule has 0 saturated heterocycles. The lowest BCUT2D eigenvalue weighted by molar-refractivity contribution is 0.558. The van der Waals surface area contributed by atoms with Crippen molar-refractivity contribution in [2.75, 3.05) is 11.4 Å². The summed E-state index contributed by atoms with van der Waals surface area (Å²) in [5, 5.41) is 7.36. The molecule has 1 aromatic rings. The average Bonchev–Trinajstić information content (AvgIpc) is 2.26. The fourth-order valence-electron chi connectivity index (χ4n) is 1.42. The van der Waals surface area contributed by atoms with Crippen molar-refractivity contribution in [3.63, 3.8) is 0 Å². The molecule has 5 nitrogen and oxygen atoms in total. The van der Waals surface area contributed by atoms with Gasteiger partial charge in [0.1, 0.15) is 5.84 Å². The molecule has 6 heteroatoms. The topological polar surface area (TPSA) is 87.2 Å². The molecule has 0 atom stereocenters.